The number of carbonyl (C=O) groups excluding carboxylic acids is 1. The lowest BCUT2D eigenvalue weighted by atomic mass is 10.1. The van der Waals surface area contributed by atoms with Gasteiger partial charge in [0, 0.05) is 24.7 Å². The summed E-state index contributed by atoms with van der Waals surface area (Å²) in [6.45, 7) is 4.73. The highest BCUT2D eigenvalue weighted by atomic mass is 35.5. The smallest absolute Gasteiger partial charge is 0.247 e. The van der Waals surface area contributed by atoms with Crippen LogP contribution in [0.4, 0.5) is 0 Å². The van der Waals surface area contributed by atoms with Crippen molar-refractivity contribution in [1.29, 1.82) is 0 Å². The quantitative estimate of drug-likeness (QED) is 0.900. The first-order chi connectivity index (χ1) is 8.56. The van der Waals surface area contributed by atoms with Gasteiger partial charge in [-0.25, -0.2) is 0 Å². The van der Waals surface area contributed by atoms with E-state index in [1.54, 1.807) is 0 Å². The summed E-state index contributed by atoms with van der Waals surface area (Å²) in [6, 6.07) is 5.85. The summed E-state index contributed by atoms with van der Waals surface area (Å²) in [5, 5.41) is 0.744. The molecule has 0 aliphatic carbocycles. The fraction of sp³-hybridized carbons (Fsp3) is 0.462. The zero-order valence-electron chi connectivity index (χ0n) is 10.4. The van der Waals surface area contributed by atoms with Crippen LogP contribution in [0, 0.1) is 6.92 Å². The van der Waals surface area contributed by atoms with Crippen molar-refractivity contribution in [3.63, 3.8) is 0 Å². The molecule has 2 N–H and O–H groups in total. The van der Waals surface area contributed by atoms with Gasteiger partial charge >= 0.3 is 0 Å². The van der Waals surface area contributed by atoms with Gasteiger partial charge in [0.1, 0.15) is 6.10 Å². The molecule has 4 nitrogen and oxygen atoms in total. The van der Waals surface area contributed by atoms with Crippen molar-refractivity contribution in [1.82, 2.24) is 4.90 Å². The van der Waals surface area contributed by atoms with Crippen molar-refractivity contribution >= 4 is 17.5 Å². The summed E-state index contributed by atoms with van der Waals surface area (Å²) in [5.74, 6) is -0.396. The molecule has 1 aromatic rings. The van der Waals surface area contributed by atoms with E-state index in [0.29, 0.717) is 13.2 Å². The molecule has 0 bridgehead atoms. The average molecular weight is 269 g/mol. The third kappa shape index (κ3) is 3.22. The summed E-state index contributed by atoms with van der Waals surface area (Å²) in [5.41, 5.74) is 7.63. The number of primary amides is 1. The second-order valence-electron chi connectivity index (χ2n) is 4.57. The van der Waals surface area contributed by atoms with Crippen LogP contribution in [0.25, 0.3) is 0 Å². The highest BCUT2D eigenvalue weighted by molar-refractivity contribution is 6.30. The van der Waals surface area contributed by atoms with Crippen molar-refractivity contribution < 1.29 is 9.53 Å². The summed E-state index contributed by atoms with van der Waals surface area (Å²) >= 11 is 5.93. The number of morpholine rings is 1. The zero-order chi connectivity index (χ0) is 13.1. The molecule has 1 amide bonds. The second kappa shape index (κ2) is 5.69. The number of amides is 1. The SMILES string of the molecule is Cc1cc(Cl)ccc1CN1CCO[C@@H](C(N)=O)C1. The van der Waals surface area contributed by atoms with Crippen molar-refractivity contribution in [2.45, 2.75) is 19.6 Å². The number of hydrogen-bond donors (Lipinski definition) is 1. The van der Waals surface area contributed by atoms with Crippen LogP contribution in [0.3, 0.4) is 0 Å². The van der Waals surface area contributed by atoms with Gasteiger partial charge in [-0.05, 0) is 30.2 Å². The van der Waals surface area contributed by atoms with Gasteiger partial charge < -0.3 is 10.5 Å². The van der Waals surface area contributed by atoms with E-state index < -0.39 is 12.0 Å². The van der Waals surface area contributed by atoms with Gasteiger partial charge in [-0.2, -0.15) is 0 Å². The molecule has 2 rings (SSSR count). The van der Waals surface area contributed by atoms with Gasteiger partial charge in [-0.1, -0.05) is 17.7 Å². The van der Waals surface area contributed by atoms with E-state index in [4.69, 9.17) is 22.1 Å². The van der Waals surface area contributed by atoms with Crippen molar-refractivity contribution in [2.75, 3.05) is 19.7 Å². The molecule has 5 heteroatoms. The van der Waals surface area contributed by atoms with Gasteiger partial charge in [-0.3, -0.25) is 9.69 Å². The minimum Gasteiger partial charge on any atom is -0.367 e. The minimum atomic E-state index is -0.494. The van der Waals surface area contributed by atoms with E-state index in [0.717, 1.165) is 23.7 Å². The molecule has 0 spiro atoms. The molecule has 1 aliphatic rings. The number of carbonyl (C=O) groups is 1. The minimum absolute atomic E-state index is 0.396. The molecule has 0 radical (unpaired) electrons. The summed E-state index contributed by atoms with van der Waals surface area (Å²) < 4.78 is 5.32. The maximum absolute atomic E-state index is 11.1. The van der Waals surface area contributed by atoms with Gasteiger partial charge in [0.05, 0.1) is 6.61 Å². The normalized spacial score (nSPS) is 20.9. The van der Waals surface area contributed by atoms with E-state index in [1.165, 1.54) is 5.56 Å². The van der Waals surface area contributed by atoms with E-state index in [2.05, 4.69) is 4.90 Å². The first kappa shape index (κ1) is 13.3. The molecular formula is C13H17ClN2O2. The third-order valence-corrected chi connectivity index (χ3v) is 3.40. The van der Waals surface area contributed by atoms with Crippen molar-refractivity contribution in [2.24, 2.45) is 5.73 Å². The van der Waals surface area contributed by atoms with Crippen LogP contribution in [0.2, 0.25) is 5.02 Å². The number of ether oxygens (including phenoxy) is 1. The Morgan fingerprint density at radius 3 is 3.06 bits per heavy atom. The Morgan fingerprint density at radius 1 is 1.61 bits per heavy atom. The lowest BCUT2D eigenvalue weighted by molar-refractivity contribution is -0.135. The topological polar surface area (TPSA) is 55.6 Å². The third-order valence-electron chi connectivity index (χ3n) is 3.17. The molecular weight excluding hydrogens is 252 g/mol. The Hall–Kier alpha value is -1.10. The Labute approximate surface area is 112 Å². The maximum atomic E-state index is 11.1. The second-order valence-corrected chi connectivity index (χ2v) is 5.00. The number of nitrogens with zero attached hydrogens (tertiary/aromatic N) is 1. The Morgan fingerprint density at radius 2 is 2.39 bits per heavy atom. The summed E-state index contributed by atoms with van der Waals surface area (Å²) in [6.07, 6.45) is -0.494. The van der Waals surface area contributed by atoms with Crippen LogP contribution >= 0.6 is 11.6 Å². The molecule has 1 aliphatic heterocycles. The Bertz CT molecular complexity index is 451. The van der Waals surface area contributed by atoms with Crippen LogP contribution in [0.5, 0.6) is 0 Å². The van der Waals surface area contributed by atoms with Crippen LogP contribution in [-0.2, 0) is 16.1 Å². The predicted molar refractivity (Wildman–Crippen MR) is 70.4 cm³/mol. The van der Waals surface area contributed by atoms with Gasteiger partial charge in [-0.15, -0.1) is 0 Å². The van der Waals surface area contributed by atoms with E-state index in [-0.39, 0.29) is 0 Å². The van der Waals surface area contributed by atoms with E-state index >= 15 is 0 Å². The molecule has 0 unspecified atom stereocenters. The van der Waals surface area contributed by atoms with E-state index in [9.17, 15) is 4.79 Å². The molecule has 1 atom stereocenters. The first-order valence-corrected chi connectivity index (χ1v) is 6.32. The largest absolute Gasteiger partial charge is 0.367 e. The number of benzene rings is 1. The van der Waals surface area contributed by atoms with Crippen molar-refractivity contribution in [3.05, 3.63) is 34.3 Å². The predicted octanol–water partition coefficient (Wildman–Crippen LogP) is 1.33. The summed E-state index contributed by atoms with van der Waals surface area (Å²) in [4.78, 5) is 13.3. The number of rotatable bonds is 3. The van der Waals surface area contributed by atoms with E-state index in [1.807, 2.05) is 25.1 Å². The van der Waals surface area contributed by atoms with Crippen LogP contribution < -0.4 is 5.73 Å². The number of aryl methyl sites for hydroxylation is 1. The standard InChI is InChI=1S/C13H17ClN2O2/c1-9-6-11(14)3-2-10(9)7-16-4-5-18-12(8-16)13(15)17/h2-3,6,12H,4-5,7-8H2,1H3,(H2,15,17)/t12-/m1/s1. The van der Waals surface area contributed by atoms with Crippen LogP contribution in [0.1, 0.15) is 11.1 Å². The monoisotopic (exact) mass is 268 g/mol. The number of hydrogen-bond acceptors (Lipinski definition) is 3. The van der Waals surface area contributed by atoms with Gasteiger partial charge in [0.25, 0.3) is 0 Å². The fourth-order valence-electron chi connectivity index (χ4n) is 2.10. The number of halogens is 1. The van der Waals surface area contributed by atoms with Crippen LogP contribution in [-0.4, -0.2) is 36.6 Å². The lowest BCUT2D eigenvalue weighted by Crippen LogP contribution is -2.47. The summed E-state index contributed by atoms with van der Waals surface area (Å²) in [7, 11) is 0. The molecule has 0 saturated carbocycles. The maximum Gasteiger partial charge on any atom is 0.247 e. The molecule has 1 saturated heterocycles. The van der Waals surface area contributed by atoms with Crippen LogP contribution in [0.15, 0.2) is 18.2 Å². The highest BCUT2D eigenvalue weighted by Crippen LogP contribution is 2.18. The molecule has 1 aromatic carbocycles. The molecule has 1 fully saturated rings. The molecule has 18 heavy (non-hydrogen) atoms. The average Bonchev–Trinajstić information content (AvgIpc) is 2.33. The highest BCUT2D eigenvalue weighted by Gasteiger charge is 2.24. The first-order valence-electron chi connectivity index (χ1n) is 5.94. The molecule has 0 aromatic heterocycles. The van der Waals surface area contributed by atoms with Crippen molar-refractivity contribution in [3.8, 4) is 0 Å². The zero-order valence-corrected chi connectivity index (χ0v) is 11.1. The Kier molecular flexibility index (Phi) is 4.22. The number of nitrogens with two attached hydrogens (primary N) is 1. The molecule has 1 heterocycles. The lowest BCUT2D eigenvalue weighted by Gasteiger charge is -2.31. The fourth-order valence-corrected chi connectivity index (χ4v) is 2.32. The van der Waals surface area contributed by atoms with Gasteiger partial charge in [0.2, 0.25) is 5.91 Å². The van der Waals surface area contributed by atoms with Gasteiger partial charge in [0.15, 0.2) is 0 Å². The molecule has 98 valence electrons. The Balaban J connectivity index is 2.02.